The fraction of sp³-hybridized carbons (Fsp3) is 0.438. The lowest BCUT2D eigenvalue weighted by atomic mass is 9.99. The summed E-state index contributed by atoms with van der Waals surface area (Å²) >= 11 is 0. The van der Waals surface area contributed by atoms with Crippen molar-refractivity contribution in [3.05, 3.63) is 47.8 Å². The summed E-state index contributed by atoms with van der Waals surface area (Å²) in [4.78, 5) is 0. The number of nitrogens with one attached hydrogen (secondary N) is 1. The molecule has 1 fully saturated rings. The first kappa shape index (κ1) is 12.4. The van der Waals surface area contributed by atoms with Crippen LogP contribution < -0.4 is 5.32 Å². The SMILES string of the molecule is CC(C)c1cnn(-c2ccccc2)c1C1CCCN1. The Morgan fingerprint density at radius 2 is 2.05 bits per heavy atom. The summed E-state index contributed by atoms with van der Waals surface area (Å²) in [6.07, 6.45) is 4.49. The van der Waals surface area contributed by atoms with E-state index in [0.717, 1.165) is 12.2 Å². The van der Waals surface area contributed by atoms with Crippen LogP contribution in [0.3, 0.4) is 0 Å². The van der Waals surface area contributed by atoms with Gasteiger partial charge in [0, 0.05) is 6.04 Å². The average molecular weight is 255 g/mol. The first-order valence-electron chi connectivity index (χ1n) is 7.14. The van der Waals surface area contributed by atoms with E-state index in [2.05, 4.69) is 53.2 Å². The minimum absolute atomic E-state index is 0.445. The first-order chi connectivity index (χ1) is 9.27. The van der Waals surface area contributed by atoms with Crippen LogP contribution in [0.2, 0.25) is 0 Å². The minimum atomic E-state index is 0.445. The molecule has 0 aliphatic carbocycles. The summed E-state index contributed by atoms with van der Waals surface area (Å²) in [7, 11) is 0. The predicted molar refractivity (Wildman–Crippen MR) is 77.6 cm³/mol. The number of rotatable bonds is 3. The van der Waals surface area contributed by atoms with Crippen molar-refractivity contribution in [2.24, 2.45) is 0 Å². The van der Waals surface area contributed by atoms with Crippen LogP contribution >= 0.6 is 0 Å². The monoisotopic (exact) mass is 255 g/mol. The molecule has 1 aliphatic heterocycles. The minimum Gasteiger partial charge on any atom is -0.309 e. The third kappa shape index (κ3) is 2.30. The maximum atomic E-state index is 4.63. The molecule has 1 unspecified atom stereocenters. The van der Waals surface area contributed by atoms with Crippen LogP contribution in [0.15, 0.2) is 36.5 Å². The maximum Gasteiger partial charge on any atom is 0.0649 e. The molecule has 3 rings (SSSR count). The van der Waals surface area contributed by atoms with E-state index in [-0.39, 0.29) is 0 Å². The fourth-order valence-corrected chi connectivity index (χ4v) is 2.86. The fourth-order valence-electron chi connectivity index (χ4n) is 2.86. The lowest BCUT2D eigenvalue weighted by Crippen LogP contribution is -2.18. The molecule has 1 aliphatic rings. The number of para-hydroxylation sites is 1. The van der Waals surface area contributed by atoms with Gasteiger partial charge in [0.05, 0.1) is 17.6 Å². The zero-order valence-corrected chi connectivity index (χ0v) is 11.6. The molecule has 2 aromatic rings. The molecule has 1 aromatic heterocycles. The highest BCUT2D eigenvalue weighted by molar-refractivity contribution is 5.37. The van der Waals surface area contributed by atoms with Gasteiger partial charge in [-0.15, -0.1) is 0 Å². The summed E-state index contributed by atoms with van der Waals surface area (Å²) in [6, 6.07) is 10.9. The Morgan fingerprint density at radius 1 is 1.26 bits per heavy atom. The Balaban J connectivity index is 2.09. The van der Waals surface area contributed by atoms with Crippen LogP contribution in [0.4, 0.5) is 0 Å². The van der Waals surface area contributed by atoms with E-state index >= 15 is 0 Å². The molecule has 100 valence electrons. The Kier molecular flexibility index (Phi) is 3.38. The molecule has 1 N–H and O–H groups in total. The molecule has 3 heteroatoms. The van der Waals surface area contributed by atoms with Gasteiger partial charge in [-0.25, -0.2) is 4.68 Å². The number of aromatic nitrogens is 2. The van der Waals surface area contributed by atoms with Crippen molar-refractivity contribution >= 4 is 0 Å². The average Bonchev–Trinajstić information content (AvgIpc) is 3.08. The number of nitrogens with zero attached hydrogens (tertiary/aromatic N) is 2. The lowest BCUT2D eigenvalue weighted by Gasteiger charge is -2.17. The van der Waals surface area contributed by atoms with E-state index in [1.807, 2.05) is 12.3 Å². The molecule has 0 saturated carbocycles. The zero-order valence-electron chi connectivity index (χ0n) is 11.6. The van der Waals surface area contributed by atoms with Gasteiger partial charge in [-0.05, 0) is 43.0 Å². The first-order valence-corrected chi connectivity index (χ1v) is 7.14. The molecule has 1 aromatic carbocycles. The van der Waals surface area contributed by atoms with E-state index in [0.29, 0.717) is 12.0 Å². The van der Waals surface area contributed by atoms with Crippen LogP contribution in [-0.2, 0) is 0 Å². The number of hydrogen-bond donors (Lipinski definition) is 1. The van der Waals surface area contributed by atoms with Gasteiger partial charge in [0.2, 0.25) is 0 Å². The van der Waals surface area contributed by atoms with Crippen molar-refractivity contribution in [1.29, 1.82) is 0 Å². The molecule has 0 amide bonds. The molecule has 1 atom stereocenters. The van der Waals surface area contributed by atoms with Crippen molar-refractivity contribution in [1.82, 2.24) is 15.1 Å². The number of benzene rings is 1. The molecule has 0 spiro atoms. The second-order valence-corrected chi connectivity index (χ2v) is 5.54. The molecular formula is C16H21N3. The molecular weight excluding hydrogens is 234 g/mol. The van der Waals surface area contributed by atoms with E-state index in [1.54, 1.807) is 0 Å². The molecule has 0 radical (unpaired) electrons. The van der Waals surface area contributed by atoms with Gasteiger partial charge >= 0.3 is 0 Å². The maximum absolute atomic E-state index is 4.63. The molecule has 2 heterocycles. The standard InChI is InChI=1S/C16H21N3/c1-12(2)14-11-18-19(13-7-4-3-5-8-13)16(14)15-9-6-10-17-15/h3-5,7-8,11-12,15,17H,6,9-10H2,1-2H3. The highest BCUT2D eigenvalue weighted by atomic mass is 15.3. The predicted octanol–water partition coefficient (Wildman–Crippen LogP) is 3.42. The van der Waals surface area contributed by atoms with Crippen LogP contribution in [0, 0.1) is 0 Å². The molecule has 3 nitrogen and oxygen atoms in total. The van der Waals surface area contributed by atoms with Crippen molar-refractivity contribution in [3.63, 3.8) is 0 Å². The quantitative estimate of drug-likeness (QED) is 0.910. The highest BCUT2D eigenvalue weighted by Crippen LogP contribution is 2.31. The van der Waals surface area contributed by atoms with Gasteiger partial charge < -0.3 is 5.32 Å². The Labute approximate surface area is 114 Å². The normalized spacial score (nSPS) is 19.2. The second-order valence-electron chi connectivity index (χ2n) is 5.54. The molecule has 0 bridgehead atoms. The van der Waals surface area contributed by atoms with E-state index in [4.69, 9.17) is 0 Å². The van der Waals surface area contributed by atoms with Gasteiger partial charge in [-0.2, -0.15) is 5.10 Å². The summed E-state index contributed by atoms with van der Waals surface area (Å²) in [5.74, 6) is 0.509. The molecule has 19 heavy (non-hydrogen) atoms. The van der Waals surface area contributed by atoms with E-state index in [1.165, 1.54) is 24.1 Å². The van der Waals surface area contributed by atoms with Crippen LogP contribution in [-0.4, -0.2) is 16.3 Å². The van der Waals surface area contributed by atoms with E-state index < -0.39 is 0 Å². The Hall–Kier alpha value is -1.61. The number of hydrogen-bond acceptors (Lipinski definition) is 2. The third-order valence-corrected chi connectivity index (χ3v) is 3.85. The zero-order chi connectivity index (χ0) is 13.2. The molecule has 1 saturated heterocycles. The van der Waals surface area contributed by atoms with Crippen molar-refractivity contribution in [2.75, 3.05) is 6.54 Å². The largest absolute Gasteiger partial charge is 0.309 e. The van der Waals surface area contributed by atoms with Gasteiger partial charge in [-0.3, -0.25) is 0 Å². The second kappa shape index (κ2) is 5.17. The van der Waals surface area contributed by atoms with Gasteiger partial charge in [-0.1, -0.05) is 32.0 Å². The summed E-state index contributed by atoms with van der Waals surface area (Å²) in [5, 5.41) is 8.23. The van der Waals surface area contributed by atoms with E-state index in [9.17, 15) is 0 Å². The topological polar surface area (TPSA) is 29.9 Å². The van der Waals surface area contributed by atoms with Gasteiger partial charge in [0.25, 0.3) is 0 Å². The summed E-state index contributed by atoms with van der Waals surface area (Å²) in [6.45, 7) is 5.60. The summed E-state index contributed by atoms with van der Waals surface area (Å²) < 4.78 is 2.11. The summed E-state index contributed by atoms with van der Waals surface area (Å²) in [5.41, 5.74) is 3.86. The van der Waals surface area contributed by atoms with Gasteiger partial charge in [0.15, 0.2) is 0 Å². The Bertz CT molecular complexity index is 536. The lowest BCUT2D eigenvalue weighted by molar-refractivity contribution is 0.589. The van der Waals surface area contributed by atoms with Crippen molar-refractivity contribution < 1.29 is 0 Å². The van der Waals surface area contributed by atoms with Crippen LogP contribution in [0.25, 0.3) is 5.69 Å². The van der Waals surface area contributed by atoms with Crippen molar-refractivity contribution in [2.45, 2.75) is 38.6 Å². The van der Waals surface area contributed by atoms with Gasteiger partial charge in [0.1, 0.15) is 0 Å². The van der Waals surface area contributed by atoms with Crippen molar-refractivity contribution in [3.8, 4) is 5.69 Å². The van der Waals surface area contributed by atoms with Crippen LogP contribution in [0.1, 0.15) is 49.9 Å². The third-order valence-electron chi connectivity index (χ3n) is 3.85. The smallest absolute Gasteiger partial charge is 0.0649 e. The highest BCUT2D eigenvalue weighted by Gasteiger charge is 2.25. The van der Waals surface area contributed by atoms with Crippen LogP contribution in [0.5, 0.6) is 0 Å². The Morgan fingerprint density at radius 3 is 2.68 bits per heavy atom.